The highest BCUT2D eigenvalue weighted by atomic mass is 32.2. The van der Waals surface area contributed by atoms with Gasteiger partial charge in [-0.2, -0.15) is 0 Å². The van der Waals surface area contributed by atoms with Crippen molar-refractivity contribution in [3.8, 4) is 0 Å². The lowest BCUT2D eigenvalue weighted by Gasteiger charge is -2.30. The number of hydrogen-bond donors (Lipinski definition) is 2. The van der Waals surface area contributed by atoms with E-state index in [-0.39, 0.29) is 11.5 Å². The molecule has 0 unspecified atom stereocenters. The van der Waals surface area contributed by atoms with Crippen LogP contribution in [0.1, 0.15) is 34.7 Å². The number of hydrogen-bond acceptors (Lipinski definition) is 3. The van der Waals surface area contributed by atoms with Crippen LogP contribution < -0.4 is 0 Å². The summed E-state index contributed by atoms with van der Waals surface area (Å²) >= 11 is 0. The van der Waals surface area contributed by atoms with Gasteiger partial charge in [0.05, 0.1) is 11.8 Å². The molecule has 1 saturated heterocycles. The van der Waals surface area contributed by atoms with Crippen LogP contribution in [-0.2, 0) is 10.0 Å². The van der Waals surface area contributed by atoms with Crippen LogP contribution in [0.15, 0.2) is 24.4 Å². The van der Waals surface area contributed by atoms with Gasteiger partial charge in [0.25, 0.3) is 0 Å². The van der Waals surface area contributed by atoms with Crippen LogP contribution in [0.25, 0.3) is 10.9 Å². The van der Waals surface area contributed by atoms with Crippen molar-refractivity contribution >= 4 is 26.9 Å². The lowest BCUT2D eigenvalue weighted by molar-refractivity contribution is 0.0697. The highest BCUT2D eigenvalue weighted by Gasteiger charge is 2.27. The van der Waals surface area contributed by atoms with Crippen molar-refractivity contribution < 1.29 is 18.3 Å². The molecule has 1 fully saturated rings. The molecule has 22 heavy (non-hydrogen) atoms. The van der Waals surface area contributed by atoms with E-state index in [0.29, 0.717) is 13.1 Å². The van der Waals surface area contributed by atoms with E-state index in [1.807, 2.05) is 6.20 Å². The maximum Gasteiger partial charge on any atom is 0.335 e. The summed E-state index contributed by atoms with van der Waals surface area (Å²) in [6, 6.07) is 5.04. The fourth-order valence-electron chi connectivity index (χ4n) is 3.11. The smallest absolute Gasteiger partial charge is 0.335 e. The number of benzene rings is 1. The van der Waals surface area contributed by atoms with Crippen LogP contribution in [0.5, 0.6) is 0 Å². The Morgan fingerprint density at radius 1 is 1.32 bits per heavy atom. The third-order valence-corrected chi connectivity index (χ3v) is 5.63. The maximum absolute atomic E-state index is 11.6. The first-order valence-electron chi connectivity index (χ1n) is 7.15. The van der Waals surface area contributed by atoms with Crippen LogP contribution in [-0.4, -0.2) is 48.1 Å². The monoisotopic (exact) mass is 322 g/mol. The summed E-state index contributed by atoms with van der Waals surface area (Å²) in [5.41, 5.74) is 2.25. The van der Waals surface area contributed by atoms with Gasteiger partial charge in [-0.3, -0.25) is 0 Å². The number of fused-ring (bicyclic) bond motifs is 1. The van der Waals surface area contributed by atoms with Crippen molar-refractivity contribution in [2.75, 3.05) is 19.3 Å². The van der Waals surface area contributed by atoms with Crippen molar-refractivity contribution in [3.05, 3.63) is 35.5 Å². The summed E-state index contributed by atoms with van der Waals surface area (Å²) in [6.45, 7) is 1.02. The van der Waals surface area contributed by atoms with Crippen molar-refractivity contribution in [2.24, 2.45) is 0 Å². The topological polar surface area (TPSA) is 90.5 Å². The Labute approximate surface area is 128 Å². The van der Waals surface area contributed by atoms with Crippen LogP contribution in [0.2, 0.25) is 0 Å². The Bertz CT molecular complexity index is 817. The molecule has 7 heteroatoms. The number of aromatic carboxylic acids is 1. The fourth-order valence-corrected chi connectivity index (χ4v) is 3.99. The minimum absolute atomic E-state index is 0.246. The first kappa shape index (κ1) is 15.1. The number of rotatable bonds is 3. The number of aromatic amines is 1. The zero-order chi connectivity index (χ0) is 15.9. The Kier molecular flexibility index (Phi) is 3.70. The van der Waals surface area contributed by atoms with Gasteiger partial charge in [-0.15, -0.1) is 0 Å². The molecule has 1 aliphatic heterocycles. The van der Waals surface area contributed by atoms with Crippen LogP contribution in [0.4, 0.5) is 0 Å². The Hall–Kier alpha value is -1.86. The SMILES string of the molecule is CS(=O)(=O)N1CCC(c2c[nH]c3ccc(C(=O)O)cc23)CC1. The number of sulfonamides is 1. The van der Waals surface area contributed by atoms with E-state index in [0.717, 1.165) is 29.3 Å². The third kappa shape index (κ3) is 2.74. The molecular formula is C15H18N2O4S. The Balaban J connectivity index is 1.88. The zero-order valence-electron chi connectivity index (χ0n) is 12.2. The number of carbonyl (C=O) groups is 1. The van der Waals surface area contributed by atoms with E-state index in [9.17, 15) is 13.2 Å². The van der Waals surface area contributed by atoms with Gasteiger partial charge in [-0.25, -0.2) is 17.5 Å². The van der Waals surface area contributed by atoms with Gasteiger partial charge in [-0.1, -0.05) is 0 Å². The van der Waals surface area contributed by atoms with E-state index >= 15 is 0 Å². The number of nitrogens with one attached hydrogen (secondary N) is 1. The van der Waals surface area contributed by atoms with Gasteiger partial charge >= 0.3 is 5.97 Å². The molecule has 0 bridgehead atoms. The molecule has 3 rings (SSSR count). The second-order valence-corrected chi connectivity index (χ2v) is 7.73. The lowest BCUT2D eigenvalue weighted by Crippen LogP contribution is -2.37. The summed E-state index contributed by atoms with van der Waals surface area (Å²) in [7, 11) is -3.13. The molecular weight excluding hydrogens is 304 g/mol. The quantitative estimate of drug-likeness (QED) is 0.904. The molecule has 1 aromatic heterocycles. The number of aromatic nitrogens is 1. The van der Waals surface area contributed by atoms with Crippen molar-refractivity contribution in [2.45, 2.75) is 18.8 Å². The molecule has 0 saturated carbocycles. The summed E-state index contributed by atoms with van der Waals surface area (Å²) < 4.78 is 24.6. The molecule has 1 aromatic carbocycles. The molecule has 0 aliphatic carbocycles. The van der Waals surface area contributed by atoms with Crippen molar-refractivity contribution in [1.82, 2.24) is 9.29 Å². The summed E-state index contributed by atoms with van der Waals surface area (Å²) in [5.74, 6) is -0.697. The normalized spacial score (nSPS) is 17.9. The maximum atomic E-state index is 11.6. The first-order valence-corrected chi connectivity index (χ1v) is 9.00. The molecule has 2 N–H and O–H groups in total. The molecule has 0 atom stereocenters. The molecule has 2 aromatic rings. The van der Waals surface area contributed by atoms with Gasteiger partial charge < -0.3 is 10.1 Å². The number of H-pyrrole nitrogens is 1. The van der Waals surface area contributed by atoms with Crippen LogP contribution in [0.3, 0.4) is 0 Å². The fraction of sp³-hybridized carbons (Fsp3) is 0.400. The standard InChI is InChI=1S/C15H18N2O4S/c1-22(20,21)17-6-4-10(5-7-17)13-9-16-14-3-2-11(15(18)19)8-12(13)14/h2-3,8-10,16H,4-7H2,1H3,(H,18,19). The molecule has 1 aliphatic rings. The minimum Gasteiger partial charge on any atom is -0.478 e. The highest BCUT2D eigenvalue weighted by molar-refractivity contribution is 7.88. The Morgan fingerprint density at radius 2 is 2.00 bits per heavy atom. The molecule has 2 heterocycles. The average Bonchev–Trinajstić information content (AvgIpc) is 2.89. The van der Waals surface area contributed by atoms with Gasteiger partial charge in [-0.05, 0) is 42.5 Å². The number of piperidine rings is 1. The van der Waals surface area contributed by atoms with Gasteiger partial charge in [0, 0.05) is 30.2 Å². The predicted molar refractivity (Wildman–Crippen MR) is 83.6 cm³/mol. The second kappa shape index (κ2) is 5.40. The van der Waals surface area contributed by atoms with E-state index < -0.39 is 16.0 Å². The van der Waals surface area contributed by atoms with Crippen molar-refractivity contribution in [3.63, 3.8) is 0 Å². The Morgan fingerprint density at radius 3 is 2.59 bits per heavy atom. The molecule has 0 radical (unpaired) electrons. The lowest BCUT2D eigenvalue weighted by atomic mass is 9.89. The van der Waals surface area contributed by atoms with Crippen molar-refractivity contribution in [1.29, 1.82) is 0 Å². The molecule has 118 valence electrons. The zero-order valence-corrected chi connectivity index (χ0v) is 13.1. The molecule has 6 nitrogen and oxygen atoms in total. The largest absolute Gasteiger partial charge is 0.478 e. The first-order chi connectivity index (χ1) is 10.4. The summed E-state index contributed by atoms with van der Waals surface area (Å²) in [4.78, 5) is 14.3. The third-order valence-electron chi connectivity index (χ3n) is 4.32. The highest BCUT2D eigenvalue weighted by Crippen LogP contribution is 2.34. The molecule has 0 spiro atoms. The van der Waals surface area contributed by atoms with Gasteiger partial charge in [0.2, 0.25) is 10.0 Å². The average molecular weight is 322 g/mol. The number of carboxylic acid groups (broad SMARTS) is 1. The summed E-state index contributed by atoms with van der Waals surface area (Å²) in [6.07, 6.45) is 4.64. The van der Waals surface area contributed by atoms with Gasteiger partial charge in [0.1, 0.15) is 0 Å². The van der Waals surface area contributed by atoms with Crippen LogP contribution in [0, 0.1) is 0 Å². The van der Waals surface area contributed by atoms with E-state index in [4.69, 9.17) is 5.11 Å². The van der Waals surface area contributed by atoms with E-state index in [1.54, 1.807) is 18.2 Å². The minimum atomic E-state index is -3.13. The molecule has 0 amide bonds. The number of nitrogens with zero attached hydrogens (tertiary/aromatic N) is 1. The van der Waals surface area contributed by atoms with E-state index in [1.165, 1.54) is 10.6 Å². The summed E-state index contributed by atoms with van der Waals surface area (Å²) in [5, 5.41) is 10.0. The van der Waals surface area contributed by atoms with Crippen LogP contribution >= 0.6 is 0 Å². The predicted octanol–water partition coefficient (Wildman–Crippen LogP) is 2.01. The second-order valence-electron chi connectivity index (χ2n) is 5.75. The van der Waals surface area contributed by atoms with Gasteiger partial charge in [0.15, 0.2) is 0 Å². The van der Waals surface area contributed by atoms with E-state index in [2.05, 4.69) is 4.98 Å². The number of carboxylic acids is 1.